The van der Waals surface area contributed by atoms with Crippen molar-refractivity contribution >= 4 is 29.4 Å². The molecule has 2 heterocycles. The molecule has 0 atom stereocenters. The third-order valence-corrected chi connectivity index (χ3v) is 3.98. The number of furan rings is 1. The number of aromatic nitrogens is 2. The molecule has 0 fully saturated rings. The van der Waals surface area contributed by atoms with Crippen LogP contribution in [0.25, 0.3) is 0 Å². The van der Waals surface area contributed by atoms with E-state index in [4.69, 9.17) is 15.3 Å². The molecule has 0 aliphatic carbocycles. The number of carbonyl (C=O) groups excluding carboxylic acids is 2. The number of carboxylic acid groups (broad SMARTS) is 1. The number of aromatic carboxylic acids is 1. The second kappa shape index (κ2) is 8.41. The number of carbonyl (C=O) groups is 3. The molecule has 0 saturated carbocycles. The number of nitrogens with two attached hydrogens (primary N) is 1. The topological polar surface area (TPSA) is 163 Å². The maximum Gasteiger partial charge on any atom is 0.416 e. The highest BCUT2D eigenvalue weighted by Gasteiger charge is 2.31. The maximum absolute atomic E-state index is 13.8. The third kappa shape index (κ3) is 5.03. The molecule has 0 spiro atoms. The van der Waals surface area contributed by atoms with Gasteiger partial charge < -0.3 is 25.6 Å². The Morgan fingerprint density at radius 1 is 1.16 bits per heavy atom. The van der Waals surface area contributed by atoms with Crippen molar-refractivity contribution in [3.63, 3.8) is 0 Å². The number of carboxylic acids is 1. The summed E-state index contributed by atoms with van der Waals surface area (Å²) in [5.74, 6) is -3.92. The van der Waals surface area contributed by atoms with Crippen molar-refractivity contribution < 1.29 is 41.5 Å². The van der Waals surface area contributed by atoms with Crippen LogP contribution >= 0.6 is 0 Å². The molecule has 14 heteroatoms. The lowest BCUT2D eigenvalue weighted by Crippen LogP contribution is -2.23. The normalized spacial score (nSPS) is 11.2. The van der Waals surface area contributed by atoms with E-state index in [0.29, 0.717) is 18.2 Å². The van der Waals surface area contributed by atoms with Crippen molar-refractivity contribution in [3.05, 3.63) is 64.8 Å². The van der Waals surface area contributed by atoms with Crippen molar-refractivity contribution in [1.82, 2.24) is 9.97 Å². The Balaban J connectivity index is 1.78. The van der Waals surface area contributed by atoms with E-state index in [1.165, 1.54) is 12.1 Å². The predicted octanol–water partition coefficient (Wildman–Crippen LogP) is 3.19. The molecule has 3 rings (SSSR count). The van der Waals surface area contributed by atoms with Crippen LogP contribution in [-0.2, 0) is 12.6 Å². The summed E-state index contributed by atoms with van der Waals surface area (Å²) in [5, 5.41) is 12.9. The van der Waals surface area contributed by atoms with Gasteiger partial charge in [-0.2, -0.15) is 13.2 Å². The molecule has 0 aliphatic rings. The highest BCUT2D eigenvalue weighted by molar-refractivity contribution is 6.04. The Morgan fingerprint density at radius 2 is 1.88 bits per heavy atom. The van der Waals surface area contributed by atoms with E-state index in [1.807, 2.05) is 5.32 Å². The number of imidazole rings is 1. The number of nitrogens with one attached hydrogen (secondary N) is 3. The van der Waals surface area contributed by atoms with Crippen molar-refractivity contribution in [1.29, 1.82) is 0 Å². The molecule has 6 N–H and O–H groups in total. The van der Waals surface area contributed by atoms with E-state index in [9.17, 15) is 31.9 Å². The Labute approximate surface area is 175 Å². The molecular weight excluding hydrogens is 442 g/mol. The number of H-pyrrole nitrogens is 1. The van der Waals surface area contributed by atoms with Crippen molar-refractivity contribution in [3.8, 4) is 0 Å². The zero-order valence-corrected chi connectivity index (χ0v) is 15.7. The summed E-state index contributed by atoms with van der Waals surface area (Å²) in [6, 6.07) is 2.81. The second-order valence-corrected chi connectivity index (χ2v) is 6.29. The number of amides is 3. The first-order valence-corrected chi connectivity index (χ1v) is 8.59. The van der Waals surface area contributed by atoms with E-state index in [2.05, 4.69) is 15.3 Å². The SMILES string of the molecule is NC(=O)c1nc(Cc2ccc(C(=O)O)o2)[nH]c1NC(=O)Nc1cc(C(F)(F)F)ccc1F. The van der Waals surface area contributed by atoms with Gasteiger partial charge in [0.05, 0.1) is 17.7 Å². The number of hydrogen-bond acceptors (Lipinski definition) is 5. The van der Waals surface area contributed by atoms with Gasteiger partial charge in [-0.25, -0.2) is 19.0 Å². The molecule has 32 heavy (non-hydrogen) atoms. The molecule has 168 valence electrons. The number of halogens is 4. The summed E-state index contributed by atoms with van der Waals surface area (Å²) in [4.78, 5) is 41.1. The van der Waals surface area contributed by atoms with Crippen LogP contribution in [0, 0.1) is 5.82 Å². The molecular formula is C18H13F4N5O5. The fraction of sp³-hybridized carbons (Fsp3) is 0.111. The van der Waals surface area contributed by atoms with E-state index in [0.717, 1.165) is 0 Å². The Hall–Kier alpha value is -4.36. The number of alkyl halides is 3. The van der Waals surface area contributed by atoms with Gasteiger partial charge in [0.15, 0.2) is 5.69 Å². The van der Waals surface area contributed by atoms with Crippen LogP contribution in [-0.4, -0.2) is 33.0 Å². The highest BCUT2D eigenvalue weighted by atomic mass is 19.4. The summed E-state index contributed by atoms with van der Waals surface area (Å²) in [6.07, 6.45) is -4.87. The molecule has 0 aliphatic heterocycles. The minimum Gasteiger partial charge on any atom is -0.475 e. The lowest BCUT2D eigenvalue weighted by molar-refractivity contribution is -0.137. The zero-order valence-electron chi connectivity index (χ0n) is 15.7. The van der Waals surface area contributed by atoms with Gasteiger partial charge in [-0.05, 0) is 30.3 Å². The van der Waals surface area contributed by atoms with Gasteiger partial charge in [-0.1, -0.05) is 0 Å². The van der Waals surface area contributed by atoms with Gasteiger partial charge in [0.25, 0.3) is 5.91 Å². The molecule has 3 amide bonds. The van der Waals surface area contributed by atoms with Gasteiger partial charge in [0.2, 0.25) is 5.76 Å². The molecule has 10 nitrogen and oxygen atoms in total. The standard InChI is InChI=1S/C18H13F4N5O5/c19-9-3-1-7(18(20,21)22)5-10(9)24-17(31)27-15-13(14(23)28)25-12(26-15)6-8-2-4-11(32-8)16(29)30/h1-5H,6H2,(H2,23,28)(H,25,26)(H,29,30)(H2,24,27,31). The van der Waals surface area contributed by atoms with Gasteiger partial charge in [-0.3, -0.25) is 10.1 Å². The van der Waals surface area contributed by atoms with Crippen LogP contribution in [0.5, 0.6) is 0 Å². The maximum atomic E-state index is 13.8. The number of nitrogens with zero attached hydrogens (tertiary/aromatic N) is 1. The van der Waals surface area contributed by atoms with Gasteiger partial charge in [0, 0.05) is 0 Å². The van der Waals surface area contributed by atoms with Crippen molar-refractivity contribution in [2.24, 2.45) is 5.73 Å². The molecule has 0 saturated heterocycles. The van der Waals surface area contributed by atoms with E-state index >= 15 is 0 Å². The third-order valence-electron chi connectivity index (χ3n) is 3.98. The number of anilines is 2. The average Bonchev–Trinajstić information content (AvgIpc) is 3.30. The quantitative estimate of drug-likeness (QED) is 0.358. The minimum atomic E-state index is -4.76. The number of rotatable bonds is 6. The number of benzene rings is 1. The Morgan fingerprint density at radius 3 is 2.47 bits per heavy atom. The Bertz CT molecular complexity index is 1200. The molecule has 0 bridgehead atoms. The summed E-state index contributed by atoms with van der Waals surface area (Å²) < 4.78 is 57.3. The van der Waals surface area contributed by atoms with Gasteiger partial charge in [0.1, 0.15) is 23.2 Å². The molecule has 3 aromatic rings. The van der Waals surface area contributed by atoms with Crippen LogP contribution in [0.3, 0.4) is 0 Å². The first-order valence-electron chi connectivity index (χ1n) is 8.59. The summed E-state index contributed by atoms with van der Waals surface area (Å²) >= 11 is 0. The predicted molar refractivity (Wildman–Crippen MR) is 99.6 cm³/mol. The zero-order chi connectivity index (χ0) is 23.6. The van der Waals surface area contributed by atoms with Crippen molar-refractivity contribution in [2.75, 3.05) is 10.6 Å². The van der Waals surface area contributed by atoms with E-state index in [-0.39, 0.29) is 29.6 Å². The highest BCUT2D eigenvalue weighted by Crippen LogP contribution is 2.31. The fourth-order valence-corrected chi connectivity index (χ4v) is 2.59. The number of urea groups is 1. The summed E-state index contributed by atoms with van der Waals surface area (Å²) in [7, 11) is 0. The first kappa shape index (κ1) is 22.3. The first-order chi connectivity index (χ1) is 14.9. The van der Waals surface area contributed by atoms with Crippen molar-refractivity contribution in [2.45, 2.75) is 12.6 Å². The number of hydrogen-bond donors (Lipinski definition) is 5. The second-order valence-electron chi connectivity index (χ2n) is 6.29. The van der Waals surface area contributed by atoms with Crippen LogP contribution in [0.1, 0.15) is 38.2 Å². The van der Waals surface area contributed by atoms with Crippen LogP contribution in [0.15, 0.2) is 34.7 Å². The van der Waals surface area contributed by atoms with Gasteiger partial charge >= 0.3 is 18.2 Å². The molecule has 1 aromatic carbocycles. The fourth-order valence-electron chi connectivity index (χ4n) is 2.59. The molecule has 2 aromatic heterocycles. The molecule has 0 unspecified atom stereocenters. The van der Waals surface area contributed by atoms with Gasteiger partial charge in [-0.15, -0.1) is 0 Å². The number of aromatic amines is 1. The summed E-state index contributed by atoms with van der Waals surface area (Å²) in [5.41, 5.74) is 2.84. The van der Waals surface area contributed by atoms with Crippen LogP contribution in [0.4, 0.5) is 33.9 Å². The Kier molecular flexibility index (Phi) is 5.87. The van der Waals surface area contributed by atoms with E-state index in [1.54, 1.807) is 0 Å². The number of primary amides is 1. The monoisotopic (exact) mass is 455 g/mol. The van der Waals surface area contributed by atoms with Crippen LogP contribution < -0.4 is 16.4 Å². The summed E-state index contributed by atoms with van der Waals surface area (Å²) in [6.45, 7) is 0. The molecule has 0 radical (unpaired) electrons. The smallest absolute Gasteiger partial charge is 0.416 e. The van der Waals surface area contributed by atoms with Crippen LogP contribution in [0.2, 0.25) is 0 Å². The minimum absolute atomic E-state index is 0.0469. The largest absolute Gasteiger partial charge is 0.475 e. The average molecular weight is 455 g/mol. The lowest BCUT2D eigenvalue weighted by Gasteiger charge is -2.11. The van der Waals surface area contributed by atoms with E-state index < -0.39 is 46.8 Å². The lowest BCUT2D eigenvalue weighted by atomic mass is 10.2.